The maximum Gasteiger partial charge on any atom is 0.256 e. The maximum atomic E-state index is 11.0. The van der Waals surface area contributed by atoms with E-state index < -0.39 is 0 Å². The molecule has 1 radical (unpaired) electrons. The Labute approximate surface area is 81.7 Å². The molecule has 0 aliphatic rings. The van der Waals surface area contributed by atoms with Crippen LogP contribution in [0.2, 0.25) is 5.02 Å². The minimum absolute atomic E-state index is 0.301. The first-order valence-electron chi connectivity index (χ1n) is 3.65. The van der Waals surface area contributed by atoms with Crippen molar-refractivity contribution in [3.8, 4) is 0 Å². The number of carbonyl (C=O) groups excluding carboxylic acids is 1. The number of amides is 1. The van der Waals surface area contributed by atoms with E-state index in [1.807, 2.05) is 0 Å². The van der Waals surface area contributed by atoms with E-state index >= 15 is 0 Å². The minimum atomic E-state index is -0.301. The molecule has 0 saturated heterocycles. The Morgan fingerprint density at radius 1 is 1.46 bits per heavy atom. The van der Waals surface area contributed by atoms with Gasteiger partial charge in [0.25, 0.3) is 5.91 Å². The third-order valence-electron chi connectivity index (χ3n) is 1.34. The van der Waals surface area contributed by atoms with Crippen LogP contribution >= 0.6 is 11.6 Å². The third kappa shape index (κ3) is 3.44. The first kappa shape index (κ1) is 10.0. The molecule has 3 nitrogen and oxygen atoms in total. The maximum absolute atomic E-state index is 11.0. The molecule has 0 atom stereocenters. The number of halogens is 1. The van der Waals surface area contributed by atoms with Crippen molar-refractivity contribution in [3.05, 3.63) is 35.9 Å². The van der Waals surface area contributed by atoms with E-state index in [9.17, 15) is 4.79 Å². The highest BCUT2D eigenvalue weighted by atomic mass is 35.5. The normalized spacial score (nSPS) is 9.69. The lowest BCUT2D eigenvalue weighted by molar-refractivity contribution is -0.116. The Hall–Kier alpha value is -1.06. The molecular weight excluding hydrogens is 190 g/mol. The molecule has 1 rings (SSSR count). The van der Waals surface area contributed by atoms with Crippen LogP contribution in [0.15, 0.2) is 24.3 Å². The quantitative estimate of drug-likeness (QED) is 0.808. The molecule has 0 fully saturated rings. The van der Waals surface area contributed by atoms with Gasteiger partial charge in [-0.3, -0.25) is 4.79 Å². The van der Waals surface area contributed by atoms with Gasteiger partial charge < -0.3 is 10.1 Å². The van der Waals surface area contributed by atoms with Gasteiger partial charge in [-0.25, -0.2) is 0 Å². The highest BCUT2D eigenvalue weighted by molar-refractivity contribution is 6.30. The molecule has 1 amide bonds. The van der Waals surface area contributed by atoms with E-state index in [0.717, 1.165) is 6.61 Å². The van der Waals surface area contributed by atoms with Crippen molar-refractivity contribution in [1.29, 1.82) is 0 Å². The highest BCUT2D eigenvalue weighted by Crippen LogP contribution is 2.13. The Morgan fingerprint density at radius 2 is 2.08 bits per heavy atom. The summed E-state index contributed by atoms with van der Waals surface area (Å²) in [6.45, 7) is 1.09. The Kier molecular flexibility index (Phi) is 3.73. The molecule has 13 heavy (non-hydrogen) atoms. The summed E-state index contributed by atoms with van der Waals surface area (Å²) in [6.07, 6.45) is 0. The van der Waals surface area contributed by atoms with Gasteiger partial charge >= 0.3 is 0 Å². The van der Waals surface area contributed by atoms with Crippen LogP contribution in [0.4, 0.5) is 5.69 Å². The predicted molar refractivity (Wildman–Crippen MR) is 51.4 cm³/mol. The van der Waals surface area contributed by atoms with Crippen molar-refractivity contribution in [1.82, 2.24) is 0 Å². The summed E-state index contributed by atoms with van der Waals surface area (Å²) in [5, 5.41) is 3.22. The van der Waals surface area contributed by atoms with Crippen molar-refractivity contribution in [2.24, 2.45) is 0 Å². The SMILES string of the molecule is CO[CH]C(=O)Nc1ccc(Cl)cc1. The molecule has 1 aromatic carbocycles. The van der Waals surface area contributed by atoms with Gasteiger partial charge in [-0.05, 0) is 24.3 Å². The van der Waals surface area contributed by atoms with Crippen LogP contribution < -0.4 is 5.32 Å². The zero-order chi connectivity index (χ0) is 9.68. The first-order valence-corrected chi connectivity index (χ1v) is 4.03. The fourth-order valence-corrected chi connectivity index (χ4v) is 0.938. The Balaban J connectivity index is 2.54. The van der Waals surface area contributed by atoms with Gasteiger partial charge in [0, 0.05) is 17.8 Å². The van der Waals surface area contributed by atoms with Crippen LogP contribution in [-0.4, -0.2) is 13.0 Å². The number of methoxy groups -OCH3 is 1. The molecule has 0 unspecified atom stereocenters. The molecule has 69 valence electrons. The number of hydrogen-bond acceptors (Lipinski definition) is 2. The molecule has 0 aromatic heterocycles. The summed E-state index contributed by atoms with van der Waals surface area (Å²) in [5.74, 6) is -0.301. The van der Waals surface area contributed by atoms with Crippen molar-refractivity contribution in [2.45, 2.75) is 0 Å². The molecule has 0 saturated carbocycles. The topological polar surface area (TPSA) is 38.3 Å². The Morgan fingerprint density at radius 3 is 2.62 bits per heavy atom. The second-order valence-corrected chi connectivity index (χ2v) is 2.79. The minimum Gasteiger partial charge on any atom is -0.368 e. The number of nitrogens with one attached hydrogen (secondary N) is 1. The molecule has 0 heterocycles. The van der Waals surface area contributed by atoms with E-state index in [2.05, 4.69) is 10.1 Å². The summed E-state index contributed by atoms with van der Waals surface area (Å²) in [5.41, 5.74) is 0.683. The lowest BCUT2D eigenvalue weighted by Gasteiger charge is -2.02. The van der Waals surface area contributed by atoms with Gasteiger partial charge in [0.15, 0.2) is 6.61 Å². The number of benzene rings is 1. The average Bonchev–Trinajstić information content (AvgIpc) is 2.09. The first-order chi connectivity index (χ1) is 6.22. The van der Waals surface area contributed by atoms with Crippen LogP contribution in [0.25, 0.3) is 0 Å². The van der Waals surface area contributed by atoms with E-state index in [0.29, 0.717) is 10.7 Å². The largest absolute Gasteiger partial charge is 0.368 e. The lowest BCUT2D eigenvalue weighted by Crippen LogP contribution is -2.12. The summed E-state index contributed by atoms with van der Waals surface area (Å²) in [6, 6.07) is 6.82. The molecule has 0 bridgehead atoms. The third-order valence-corrected chi connectivity index (χ3v) is 1.59. The van der Waals surface area contributed by atoms with E-state index in [4.69, 9.17) is 11.6 Å². The van der Waals surface area contributed by atoms with Gasteiger partial charge in [-0.2, -0.15) is 0 Å². The zero-order valence-corrected chi connectivity index (χ0v) is 7.84. The number of rotatable bonds is 3. The fraction of sp³-hybridized carbons (Fsp3) is 0.111. The van der Waals surface area contributed by atoms with E-state index in [-0.39, 0.29) is 5.91 Å². The Bertz CT molecular complexity index is 284. The average molecular weight is 199 g/mol. The molecule has 1 aromatic rings. The van der Waals surface area contributed by atoms with Gasteiger partial charge in [0.1, 0.15) is 0 Å². The van der Waals surface area contributed by atoms with Crippen LogP contribution in [0.5, 0.6) is 0 Å². The van der Waals surface area contributed by atoms with Crippen molar-refractivity contribution < 1.29 is 9.53 Å². The standard InChI is InChI=1S/C9H9ClNO2/c1-13-6-9(12)11-8-4-2-7(10)3-5-8/h2-6H,1H3,(H,11,12). The highest BCUT2D eigenvalue weighted by Gasteiger charge is 2.00. The van der Waals surface area contributed by atoms with Crippen LogP contribution in [-0.2, 0) is 9.53 Å². The fourth-order valence-electron chi connectivity index (χ4n) is 0.812. The van der Waals surface area contributed by atoms with E-state index in [1.54, 1.807) is 24.3 Å². The summed E-state index contributed by atoms with van der Waals surface area (Å²) < 4.78 is 4.54. The summed E-state index contributed by atoms with van der Waals surface area (Å²) >= 11 is 5.66. The second kappa shape index (κ2) is 4.84. The van der Waals surface area contributed by atoms with Crippen LogP contribution in [0.1, 0.15) is 0 Å². The lowest BCUT2D eigenvalue weighted by atomic mass is 10.3. The molecular formula is C9H9ClNO2. The smallest absolute Gasteiger partial charge is 0.256 e. The number of hydrogen-bond donors (Lipinski definition) is 1. The molecule has 0 aliphatic carbocycles. The van der Waals surface area contributed by atoms with Gasteiger partial charge in [-0.1, -0.05) is 11.6 Å². The van der Waals surface area contributed by atoms with Crippen molar-refractivity contribution >= 4 is 23.2 Å². The number of carbonyl (C=O) groups is 1. The number of ether oxygens (including phenoxy) is 1. The number of anilines is 1. The molecule has 4 heteroatoms. The predicted octanol–water partition coefficient (Wildman–Crippen LogP) is 2.09. The summed E-state index contributed by atoms with van der Waals surface area (Å²) in [4.78, 5) is 11.0. The second-order valence-electron chi connectivity index (χ2n) is 2.35. The van der Waals surface area contributed by atoms with Crippen molar-refractivity contribution in [3.63, 3.8) is 0 Å². The zero-order valence-electron chi connectivity index (χ0n) is 7.08. The van der Waals surface area contributed by atoms with Gasteiger partial charge in [0.05, 0.1) is 0 Å². The van der Waals surface area contributed by atoms with Crippen LogP contribution in [0.3, 0.4) is 0 Å². The molecule has 0 aliphatic heterocycles. The van der Waals surface area contributed by atoms with Crippen LogP contribution in [0, 0.1) is 6.61 Å². The van der Waals surface area contributed by atoms with E-state index in [1.165, 1.54) is 7.11 Å². The monoisotopic (exact) mass is 198 g/mol. The molecule has 0 spiro atoms. The van der Waals surface area contributed by atoms with Crippen molar-refractivity contribution in [2.75, 3.05) is 12.4 Å². The van der Waals surface area contributed by atoms with Gasteiger partial charge in [0.2, 0.25) is 0 Å². The molecule has 1 N–H and O–H groups in total. The summed E-state index contributed by atoms with van der Waals surface area (Å²) in [7, 11) is 1.42. The van der Waals surface area contributed by atoms with Gasteiger partial charge in [-0.15, -0.1) is 0 Å².